The van der Waals surface area contributed by atoms with Crippen molar-refractivity contribution in [3.63, 3.8) is 0 Å². The van der Waals surface area contributed by atoms with E-state index >= 15 is 0 Å². The average molecular weight is 799 g/mol. The minimum Gasteiger partial charge on any atom is -0.756 e. The summed E-state index contributed by atoms with van der Waals surface area (Å²) in [5.74, 6) is -0.199. The molecule has 0 saturated heterocycles. The number of aliphatic hydroxyl groups is 1. The van der Waals surface area contributed by atoms with E-state index in [1.54, 1.807) is 6.08 Å². The van der Waals surface area contributed by atoms with Crippen molar-refractivity contribution in [2.45, 2.75) is 225 Å². The summed E-state index contributed by atoms with van der Waals surface area (Å²) in [7, 11) is 1.26. The minimum atomic E-state index is -4.58. The van der Waals surface area contributed by atoms with E-state index < -0.39 is 20.0 Å². The fourth-order valence-electron chi connectivity index (χ4n) is 6.68. The molecule has 0 aliphatic rings. The van der Waals surface area contributed by atoms with Crippen molar-refractivity contribution in [3.8, 4) is 0 Å². The van der Waals surface area contributed by atoms with Gasteiger partial charge in [-0.3, -0.25) is 9.36 Å². The SMILES string of the molecule is CCCCCCCC/C=C\CCCCCCCCCCCC(=O)NC(COP(=O)([O-])OCC[N+](C)(C)C)C(O)/C=C/CCCCCCCCCCCCCC. The molecule has 0 heterocycles. The molecular formula is C46H91N2O6P. The van der Waals surface area contributed by atoms with Crippen LogP contribution in [0.25, 0.3) is 0 Å². The van der Waals surface area contributed by atoms with Crippen molar-refractivity contribution in [1.82, 2.24) is 5.32 Å². The standard InChI is InChI=1S/C46H91N2O6P/c1-6-8-10-12-14-16-18-20-22-23-24-25-26-28-30-32-34-36-38-40-46(50)47-44(43-54-55(51,52)53-42-41-48(3,4)5)45(49)39-37-35-33-31-29-27-21-19-17-15-13-11-9-7-2/h20,22,37,39,44-45,49H,6-19,21,23-36,38,40-43H2,1-5H3,(H-,47,50,51,52)/b22-20-,39-37+. The lowest BCUT2D eigenvalue weighted by atomic mass is 10.0. The van der Waals surface area contributed by atoms with E-state index in [2.05, 4.69) is 31.3 Å². The van der Waals surface area contributed by atoms with Crippen LogP contribution in [0.3, 0.4) is 0 Å². The summed E-state index contributed by atoms with van der Waals surface area (Å²) >= 11 is 0. The van der Waals surface area contributed by atoms with E-state index in [4.69, 9.17) is 9.05 Å². The summed E-state index contributed by atoms with van der Waals surface area (Å²) in [4.78, 5) is 25.3. The van der Waals surface area contributed by atoms with Crippen LogP contribution in [0.1, 0.15) is 213 Å². The normalized spacial score (nSPS) is 14.5. The lowest BCUT2D eigenvalue weighted by Crippen LogP contribution is -2.45. The maximum Gasteiger partial charge on any atom is 0.268 e. The molecule has 0 bridgehead atoms. The summed E-state index contributed by atoms with van der Waals surface area (Å²) in [5, 5.41) is 13.8. The Morgan fingerprint density at radius 2 is 1.00 bits per heavy atom. The smallest absolute Gasteiger partial charge is 0.268 e. The van der Waals surface area contributed by atoms with Gasteiger partial charge in [-0.25, -0.2) is 0 Å². The van der Waals surface area contributed by atoms with Crippen molar-refractivity contribution in [2.75, 3.05) is 40.9 Å². The van der Waals surface area contributed by atoms with E-state index in [1.807, 2.05) is 27.2 Å². The highest BCUT2D eigenvalue weighted by Crippen LogP contribution is 2.38. The number of allylic oxidation sites excluding steroid dienone is 3. The molecule has 326 valence electrons. The number of nitrogens with zero attached hydrogens (tertiary/aromatic N) is 1. The predicted octanol–water partition coefficient (Wildman–Crippen LogP) is 12.3. The van der Waals surface area contributed by atoms with E-state index in [9.17, 15) is 19.4 Å². The monoisotopic (exact) mass is 799 g/mol. The summed E-state index contributed by atoms with van der Waals surface area (Å²) < 4.78 is 23.2. The van der Waals surface area contributed by atoms with Crippen LogP contribution in [0.5, 0.6) is 0 Å². The molecule has 1 amide bonds. The van der Waals surface area contributed by atoms with Gasteiger partial charge in [0.05, 0.1) is 39.9 Å². The van der Waals surface area contributed by atoms with E-state index in [-0.39, 0.29) is 19.1 Å². The second kappa shape index (κ2) is 38.5. The number of unbranched alkanes of at least 4 members (excludes halogenated alkanes) is 27. The zero-order valence-electron chi connectivity index (χ0n) is 36.9. The number of aliphatic hydroxyl groups excluding tert-OH is 1. The number of likely N-dealkylation sites (N-methyl/N-ethyl adjacent to an activating group) is 1. The molecule has 8 nitrogen and oxygen atoms in total. The molecule has 0 aliphatic heterocycles. The van der Waals surface area contributed by atoms with Gasteiger partial charge in [-0.15, -0.1) is 0 Å². The highest BCUT2D eigenvalue weighted by atomic mass is 31.2. The maximum atomic E-state index is 12.9. The molecule has 0 spiro atoms. The molecule has 9 heteroatoms. The number of carbonyl (C=O) groups excluding carboxylic acids is 1. The molecular weight excluding hydrogens is 707 g/mol. The van der Waals surface area contributed by atoms with Crippen LogP contribution in [-0.2, 0) is 18.4 Å². The zero-order chi connectivity index (χ0) is 40.7. The Labute approximate surface area is 341 Å². The molecule has 0 saturated carbocycles. The molecule has 3 atom stereocenters. The van der Waals surface area contributed by atoms with Crippen molar-refractivity contribution in [2.24, 2.45) is 0 Å². The fourth-order valence-corrected chi connectivity index (χ4v) is 7.40. The maximum absolute atomic E-state index is 12.9. The van der Waals surface area contributed by atoms with Crippen molar-refractivity contribution in [3.05, 3.63) is 24.3 Å². The average Bonchev–Trinajstić information content (AvgIpc) is 3.13. The highest BCUT2D eigenvalue weighted by molar-refractivity contribution is 7.45. The first-order valence-electron chi connectivity index (χ1n) is 23.2. The first-order chi connectivity index (χ1) is 26.5. The lowest BCUT2D eigenvalue weighted by molar-refractivity contribution is -0.870. The Balaban J connectivity index is 4.36. The number of carbonyl (C=O) groups is 1. The fraction of sp³-hybridized carbons (Fsp3) is 0.891. The number of rotatable bonds is 42. The van der Waals surface area contributed by atoms with Gasteiger partial charge in [0.25, 0.3) is 7.82 Å². The van der Waals surface area contributed by atoms with E-state index in [1.165, 1.54) is 154 Å². The molecule has 0 aromatic carbocycles. The predicted molar refractivity (Wildman–Crippen MR) is 233 cm³/mol. The number of phosphoric acid groups is 1. The lowest BCUT2D eigenvalue weighted by Gasteiger charge is -2.29. The summed E-state index contributed by atoms with van der Waals surface area (Å²) in [6.07, 6.45) is 45.0. The quantitative estimate of drug-likeness (QED) is 0.0276. The molecule has 0 aromatic heterocycles. The molecule has 0 aliphatic carbocycles. The van der Waals surface area contributed by atoms with Crippen LogP contribution < -0.4 is 10.2 Å². The van der Waals surface area contributed by atoms with Gasteiger partial charge in [0.1, 0.15) is 13.2 Å². The Morgan fingerprint density at radius 3 is 1.42 bits per heavy atom. The summed E-state index contributed by atoms with van der Waals surface area (Å²) in [6.45, 7) is 4.64. The van der Waals surface area contributed by atoms with Crippen LogP contribution in [-0.4, -0.2) is 68.5 Å². The van der Waals surface area contributed by atoms with Gasteiger partial charge in [-0.1, -0.05) is 186 Å². The van der Waals surface area contributed by atoms with Crippen LogP contribution in [0, 0.1) is 0 Å². The second-order valence-corrected chi connectivity index (χ2v) is 18.5. The molecule has 0 rings (SSSR count). The third-order valence-electron chi connectivity index (χ3n) is 10.4. The Morgan fingerprint density at radius 1 is 0.618 bits per heavy atom. The Hall–Kier alpha value is -1.02. The zero-order valence-corrected chi connectivity index (χ0v) is 37.8. The number of hydrogen-bond acceptors (Lipinski definition) is 6. The number of phosphoric ester groups is 1. The van der Waals surface area contributed by atoms with Crippen molar-refractivity contribution >= 4 is 13.7 Å². The minimum absolute atomic E-state index is 0.000193. The van der Waals surface area contributed by atoms with Crippen molar-refractivity contribution in [1.29, 1.82) is 0 Å². The summed E-state index contributed by atoms with van der Waals surface area (Å²) in [6, 6.07) is -0.884. The first-order valence-corrected chi connectivity index (χ1v) is 24.7. The largest absolute Gasteiger partial charge is 0.756 e. The van der Waals surface area contributed by atoms with Gasteiger partial charge in [0.2, 0.25) is 5.91 Å². The van der Waals surface area contributed by atoms with E-state index in [0.29, 0.717) is 17.4 Å². The molecule has 0 fully saturated rings. The van der Waals surface area contributed by atoms with Crippen LogP contribution in [0.15, 0.2) is 24.3 Å². The van der Waals surface area contributed by atoms with Gasteiger partial charge in [-0.05, 0) is 44.9 Å². The van der Waals surface area contributed by atoms with Crippen LogP contribution in [0.2, 0.25) is 0 Å². The third-order valence-corrected chi connectivity index (χ3v) is 11.4. The van der Waals surface area contributed by atoms with Crippen LogP contribution in [0.4, 0.5) is 0 Å². The van der Waals surface area contributed by atoms with Gasteiger partial charge < -0.3 is 28.8 Å². The summed E-state index contributed by atoms with van der Waals surface area (Å²) in [5.41, 5.74) is 0. The molecule has 2 N–H and O–H groups in total. The van der Waals surface area contributed by atoms with Crippen LogP contribution >= 0.6 is 7.82 Å². The Kier molecular flexibility index (Phi) is 37.8. The topological polar surface area (TPSA) is 108 Å². The molecule has 0 radical (unpaired) electrons. The number of amides is 1. The molecule has 3 unspecified atom stereocenters. The van der Waals surface area contributed by atoms with Gasteiger partial charge in [0.15, 0.2) is 0 Å². The van der Waals surface area contributed by atoms with Gasteiger partial charge in [0, 0.05) is 6.42 Å². The third kappa shape index (κ3) is 41.0. The number of quaternary nitrogens is 1. The highest BCUT2D eigenvalue weighted by Gasteiger charge is 2.23. The van der Waals surface area contributed by atoms with E-state index in [0.717, 1.165) is 38.5 Å². The second-order valence-electron chi connectivity index (χ2n) is 17.1. The number of nitrogens with one attached hydrogen (secondary N) is 1. The molecule has 0 aromatic rings. The Bertz CT molecular complexity index is 953. The van der Waals surface area contributed by atoms with Crippen molar-refractivity contribution < 1.29 is 32.9 Å². The van der Waals surface area contributed by atoms with Gasteiger partial charge >= 0.3 is 0 Å². The first kappa shape index (κ1) is 54.0. The van der Waals surface area contributed by atoms with Gasteiger partial charge in [-0.2, -0.15) is 0 Å². The molecule has 55 heavy (non-hydrogen) atoms. The number of hydrogen-bond donors (Lipinski definition) is 2.